The third-order valence-electron chi connectivity index (χ3n) is 5.76. The van der Waals surface area contributed by atoms with E-state index in [9.17, 15) is 9.59 Å². The van der Waals surface area contributed by atoms with Gasteiger partial charge in [-0.25, -0.2) is 0 Å². The summed E-state index contributed by atoms with van der Waals surface area (Å²) < 4.78 is 5.85. The van der Waals surface area contributed by atoms with E-state index in [0.29, 0.717) is 28.5 Å². The summed E-state index contributed by atoms with van der Waals surface area (Å²) in [5.74, 6) is 0.557. The highest BCUT2D eigenvalue weighted by atomic mass is 16.5. The van der Waals surface area contributed by atoms with Gasteiger partial charge in [0.1, 0.15) is 12.4 Å². The Hall–Kier alpha value is -3.64. The monoisotopic (exact) mass is 443 g/mol. The first-order valence-electron chi connectivity index (χ1n) is 11.0. The number of ether oxygens (including phenoxy) is 1. The van der Waals surface area contributed by atoms with E-state index in [-0.39, 0.29) is 11.3 Å². The Bertz CT molecular complexity index is 1370. The molecular formula is C27H29N3O3. The number of carbonyl (C=O) groups excluding carboxylic acids is 1. The molecule has 2 N–H and O–H groups in total. The van der Waals surface area contributed by atoms with Crippen LogP contribution in [0.2, 0.25) is 0 Å². The predicted molar refractivity (Wildman–Crippen MR) is 133 cm³/mol. The van der Waals surface area contributed by atoms with Gasteiger partial charge < -0.3 is 19.9 Å². The lowest BCUT2D eigenvalue weighted by atomic mass is 9.93. The molecule has 3 aromatic carbocycles. The van der Waals surface area contributed by atoms with Crippen molar-refractivity contribution in [3.63, 3.8) is 0 Å². The van der Waals surface area contributed by atoms with Gasteiger partial charge in [-0.1, -0.05) is 24.3 Å². The van der Waals surface area contributed by atoms with E-state index in [1.165, 1.54) is 0 Å². The van der Waals surface area contributed by atoms with Crippen LogP contribution in [0.5, 0.6) is 5.75 Å². The largest absolute Gasteiger partial charge is 0.492 e. The average molecular weight is 444 g/mol. The Morgan fingerprint density at radius 1 is 0.970 bits per heavy atom. The average Bonchev–Trinajstić information content (AvgIpc) is 2.78. The lowest BCUT2D eigenvalue weighted by Crippen LogP contribution is -2.41. The smallest absolute Gasteiger partial charge is 0.252 e. The van der Waals surface area contributed by atoms with E-state index >= 15 is 0 Å². The number of pyridine rings is 1. The molecule has 0 radical (unpaired) electrons. The van der Waals surface area contributed by atoms with Gasteiger partial charge in [0.15, 0.2) is 5.43 Å². The van der Waals surface area contributed by atoms with Crippen LogP contribution in [0, 0.1) is 0 Å². The lowest BCUT2D eigenvalue weighted by Gasteiger charge is -2.27. The Kier molecular flexibility index (Phi) is 6.20. The van der Waals surface area contributed by atoms with E-state index in [1.807, 2.05) is 70.4 Å². The predicted octanol–water partition coefficient (Wildman–Crippen LogP) is 4.29. The molecule has 0 fully saturated rings. The zero-order valence-electron chi connectivity index (χ0n) is 19.4. The molecule has 0 saturated carbocycles. The van der Waals surface area contributed by atoms with Crippen molar-refractivity contribution in [3.8, 4) is 5.75 Å². The van der Waals surface area contributed by atoms with Crippen LogP contribution in [-0.4, -0.2) is 43.0 Å². The van der Waals surface area contributed by atoms with Gasteiger partial charge in [-0.2, -0.15) is 0 Å². The van der Waals surface area contributed by atoms with Crippen molar-refractivity contribution in [2.24, 2.45) is 0 Å². The van der Waals surface area contributed by atoms with Crippen LogP contribution in [0.4, 0.5) is 0 Å². The zero-order valence-corrected chi connectivity index (χ0v) is 19.4. The Morgan fingerprint density at radius 3 is 2.52 bits per heavy atom. The minimum atomic E-state index is -0.621. The van der Waals surface area contributed by atoms with Crippen molar-refractivity contribution in [2.45, 2.75) is 19.4 Å². The fourth-order valence-electron chi connectivity index (χ4n) is 3.82. The SMILES string of the molecule is CN(C)CCOc1cccc(C(C)(C)NC(=O)c2ccc3c(=O)c4ccccc4[nH]c3c2)c1. The van der Waals surface area contributed by atoms with Crippen LogP contribution < -0.4 is 15.5 Å². The van der Waals surface area contributed by atoms with E-state index in [0.717, 1.165) is 23.4 Å². The molecular weight excluding hydrogens is 414 g/mol. The summed E-state index contributed by atoms with van der Waals surface area (Å²) in [6.45, 7) is 5.33. The molecule has 1 amide bonds. The standard InChI is InChI=1S/C27H29N3O3/c1-27(2,19-8-7-9-20(17-19)33-15-14-30(3)4)29-26(32)18-12-13-22-24(16-18)28-23-11-6-5-10-21(23)25(22)31/h5-13,16-17H,14-15H2,1-4H3,(H,28,31)(H,29,32). The maximum atomic E-state index is 13.1. The van der Waals surface area contributed by atoms with Gasteiger partial charge in [0.25, 0.3) is 5.91 Å². The number of benzene rings is 3. The normalized spacial score (nSPS) is 11.8. The molecule has 6 nitrogen and oxygen atoms in total. The number of H-pyrrole nitrogens is 1. The highest BCUT2D eigenvalue weighted by Crippen LogP contribution is 2.25. The fourth-order valence-corrected chi connectivity index (χ4v) is 3.82. The van der Waals surface area contributed by atoms with E-state index in [1.54, 1.807) is 24.3 Å². The van der Waals surface area contributed by atoms with Crippen LogP contribution in [0.3, 0.4) is 0 Å². The first-order chi connectivity index (χ1) is 15.7. The van der Waals surface area contributed by atoms with E-state index < -0.39 is 5.54 Å². The minimum Gasteiger partial charge on any atom is -0.492 e. The number of fused-ring (bicyclic) bond motifs is 2. The first-order valence-corrected chi connectivity index (χ1v) is 11.0. The van der Waals surface area contributed by atoms with Crippen molar-refractivity contribution in [1.29, 1.82) is 0 Å². The number of likely N-dealkylation sites (N-methyl/N-ethyl adjacent to an activating group) is 1. The Morgan fingerprint density at radius 2 is 1.73 bits per heavy atom. The summed E-state index contributed by atoms with van der Waals surface area (Å²) in [6, 6.07) is 20.3. The Balaban J connectivity index is 1.57. The van der Waals surface area contributed by atoms with Gasteiger partial charge in [0.2, 0.25) is 0 Å². The third kappa shape index (κ3) is 4.91. The molecule has 0 aliphatic rings. The highest BCUT2D eigenvalue weighted by Gasteiger charge is 2.24. The van der Waals surface area contributed by atoms with Crippen LogP contribution >= 0.6 is 0 Å². The van der Waals surface area contributed by atoms with Gasteiger partial charge >= 0.3 is 0 Å². The number of hydrogen-bond acceptors (Lipinski definition) is 4. The quantitative estimate of drug-likeness (QED) is 0.418. The van der Waals surface area contributed by atoms with Crippen LogP contribution in [0.1, 0.15) is 29.8 Å². The van der Waals surface area contributed by atoms with Crippen molar-refractivity contribution < 1.29 is 9.53 Å². The molecule has 0 atom stereocenters. The second-order valence-electron chi connectivity index (χ2n) is 9.02. The summed E-state index contributed by atoms with van der Waals surface area (Å²) in [4.78, 5) is 31.2. The number of aromatic amines is 1. The molecule has 1 heterocycles. The molecule has 33 heavy (non-hydrogen) atoms. The van der Waals surface area contributed by atoms with Crippen molar-refractivity contribution in [3.05, 3.63) is 88.1 Å². The summed E-state index contributed by atoms with van der Waals surface area (Å²) in [5, 5.41) is 4.31. The topological polar surface area (TPSA) is 74.4 Å². The van der Waals surface area contributed by atoms with Gasteiger partial charge in [0.05, 0.1) is 11.1 Å². The molecule has 0 aliphatic heterocycles. The number of nitrogens with one attached hydrogen (secondary N) is 2. The van der Waals surface area contributed by atoms with Crippen LogP contribution in [0.15, 0.2) is 71.5 Å². The molecule has 0 unspecified atom stereocenters. The number of hydrogen-bond donors (Lipinski definition) is 2. The molecule has 0 spiro atoms. The molecule has 4 aromatic rings. The summed E-state index contributed by atoms with van der Waals surface area (Å²) >= 11 is 0. The number of para-hydroxylation sites is 1. The van der Waals surface area contributed by atoms with Crippen molar-refractivity contribution >= 4 is 27.7 Å². The Labute approximate surface area is 193 Å². The van der Waals surface area contributed by atoms with Gasteiger partial charge in [-0.15, -0.1) is 0 Å². The molecule has 0 saturated heterocycles. The first kappa shape index (κ1) is 22.6. The summed E-state index contributed by atoms with van der Waals surface area (Å²) in [7, 11) is 4.01. The highest BCUT2D eigenvalue weighted by molar-refractivity contribution is 6.00. The van der Waals surface area contributed by atoms with Crippen LogP contribution in [-0.2, 0) is 5.54 Å². The lowest BCUT2D eigenvalue weighted by molar-refractivity contribution is 0.0912. The maximum absolute atomic E-state index is 13.1. The number of carbonyl (C=O) groups is 1. The number of nitrogens with zero attached hydrogens (tertiary/aromatic N) is 1. The fraction of sp³-hybridized carbons (Fsp3) is 0.259. The van der Waals surface area contributed by atoms with E-state index in [4.69, 9.17) is 4.74 Å². The number of rotatable bonds is 7. The third-order valence-corrected chi connectivity index (χ3v) is 5.76. The maximum Gasteiger partial charge on any atom is 0.252 e. The van der Waals surface area contributed by atoms with Gasteiger partial charge in [0, 0.05) is 28.4 Å². The van der Waals surface area contributed by atoms with Gasteiger partial charge in [-0.05, 0) is 76.0 Å². The number of amides is 1. The molecule has 0 bridgehead atoms. The number of aromatic nitrogens is 1. The zero-order chi connectivity index (χ0) is 23.6. The van der Waals surface area contributed by atoms with E-state index in [2.05, 4.69) is 15.2 Å². The van der Waals surface area contributed by atoms with Crippen LogP contribution in [0.25, 0.3) is 21.8 Å². The van der Waals surface area contributed by atoms with Crippen molar-refractivity contribution in [1.82, 2.24) is 15.2 Å². The summed E-state index contributed by atoms with van der Waals surface area (Å²) in [6.07, 6.45) is 0. The second-order valence-corrected chi connectivity index (χ2v) is 9.02. The molecule has 1 aromatic heterocycles. The second kappa shape index (κ2) is 9.08. The minimum absolute atomic E-state index is 0.0438. The molecule has 0 aliphatic carbocycles. The molecule has 170 valence electrons. The summed E-state index contributed by atoms with van der Waals surface area (Å²) in [5.41, 5.74) is 2.15. The molecule has 4 rings (SSSR count). The van der Waals surface area contributed by atoms with Gasteiger partial charge in [-0.3, -0.25) is 9.59 Å². The molecule has 6 heteroatoms. The van der Waals surface area contributed by atoms with Crippen molar-refractivity contribution in [2.75, 3.05) is 27.2 Å².